The van der Waals surface area contributed by atoms with E-state index < -0.39 is 0 Å². The van der Waals surface area contributed by atoms with Crippen molar-refractivity contribution >= 4 is 11.7 Å². The zero-order chi connectivity index (χ0) is 12.5. The highest BCUT2D eigenvalue weighted by Gasteiger charge is 2.23. The summed E-state index contributed by atoms with van der Waals surface area (Å²) in [5.41, 5.74) is 1.88. The van der Waals surface area contributed by atoms with Crippen LogP contribution >= 0.6 is 0 Å². The van der Waals surface area contributed by atoms with E-state index >= 15 is 0 Å². The van der Waals surface area contributed by atoms with Gasteiger partial charge in [-0.25, -0.2) is 0 Å². The largest absolute Gasteiger partial charge is 0.341 e. The van der Waals surface area contributed by atoms with Gasteiger partial charge in [0.15, 0.2) is 5.78 Å². The van der Waals surface area contributed by atoms with Gasteiger partial charge in [0, 0.05) is 37.0 Å². The lowest BCUT2D eigenvalue weighted by molar-refractivity contribution is -0.130. The molecule has 0 atom stereocenters. The number of nitrogens with zero attached hydrogens (tertiary/aromatic N) is 2. The Kier molecular flexibility index (Phi) is 2.94. The monoisotopic (exact) mass is 246 g/mol. The lowest BCUT2D eigenvalue weighted by Gasteiger charge is -2.18. The number of fused-ring (bicyclic) bond motifs is 1. The van der Waals surface area contributed by atoms with Crippen molar-refractivity contribution in [2.75, 3.05) is 13.1 Å². The lowest BCUT2D eigenvalue weighted by atomic mass is 9.97. The maximum Gasteiger partial charge on any atom is 0.242 e. The van der Waals surface area contributed by atoms with Gasteiger partial charge >= 0.3 is 0 Å². The summed E-state index contributed by atoms with van der Waals surface area (Å²) in [5, 5.41) is 0. The van der Waals surface area contributed by atoms with E-state index in [0.29, 0.717) is 13.0 Å². The van der Waals surface area contributed by atoms with Gasteiger partial charge in [-0.3, -0.25) is 9.59 Å². The minimum absolute atomic E-state index is 0.184. The molecule has 0 radical (unpaired) electrons. The third-order valence-corrected chi connectivity index (χ3v) is 3.96. The molecule has 4 heteroatoms. The van der Waals surface area contributed by atoms with Crippen LogP contribution in [0.5, 0.6) is 0 Å². The second kappa shape index (κ2) is 4.59. The lowest BCUT2D eigenvalue weighted by Crippen LogP contribution is -2.31. The molecule has 1 aromatic heterocycles. The molecule has 2 aliphatic rings. The van der Waals surface area contributed by atoms with Crippen LogP contribution in [0.3, 0.4) is 0 Å². The number of carbonyl (C=O) groups is 2. The Morgan fingerprint density at radius 3 is 2.72 bits per heavy atom. The SMILES string of the molecule is O=C1CCCc2c1ccn2CC(=O)N1CCCC1. The molecule has 0 bridgehead atoms. The summed E-state index contributed by atoms with van der Waals surface area (Å²) in [4.78, 5) is 25.8. The first-order valence-electron chi connectivity index (χ1n) is 6.75. The van der Waals surface area contributed by atoms with Crippen molar-refractivity contribution in [3.8, 4) is 0 Å². The molecule has 0 unspecified atom stereocenters. The summed E-state index contributed by atoms with van der Waals surface area (Å²) in [7, 11) is 0. The fraction of sp³-hybridized carbons (Fsp3) is 0.571. The molecule has 1 aromatic rings. The molecular formula is C14H18N2O2. The molecule has 1 amide bonds. The Hall–Kier alpha value is -1.58. The zero-order valence-electron chi connectivity index (χ0n) is 10.5. The van der Waals surface area contributed by atoms with Gasteiger partial charge in [0.1, 0.15) is 6.54 Å². The van der Waals surface area contributed by atoms with Gasteiger partial charge in [-0.1, -0.05) is 0 Å². The van der Waals surface area contributed by atoms with Crippen molar-refractivity contribution < 1.29 is 9.59 Å². The highest BCUT2D eigenvalue weighted by molar-refractivity contribution is 5.98. The van der Waals surface area contributed by atoms with Gasteiger partial charge in [0.05, 0.1) is 0 Å². The van der Waals surface area contributed by atoms with Gasteiger partial charge in [0.25, 0.3) is 0 Å². The van der Waals surface area contributed by atoms with E-state index in [0.717, 1.165) is 50.0 Å². The molecule has 0 saturated carbocycles. The Bertz CT molecular complexity index is 484. The maximum atomic E-state index is 12.1. The predicted octanol–water partition coefficient (Wildman–Crippen LogP) is 1.63. The van der Waals surface area contributed by atoms with Crippen LogP contribution in [-0.4, -0.2) is 34.2 Å². The number of hydrogen-bond acceptors (Lipinski definition) is 2. The quantitative estimate of drug-likeness (QED) is 0.796. The van der Waals surface area contributed by atoms with Crippen LogP contribution in [0, 0.1) is 0 Å². The maximum absolute atomic E-state index is 12.1. The summed E-state index contributed by atoms with van der Waals surface area (Å²) in [5.74, 6) is 0.410. The Labute approximate surface area is 107 Å². The topological polar surface area (TPSA) is 42.3 Å². The third-order valence-electron chi connectivity index (χ3n) is 3.96. The van der Waals surface area contributed by atoms with Crippen LogP contribution in [0.15, 0.2) is 12.3 Å². The van der Waals surface area contributed by atoms with Gasteiger partial charge in [-0.05, 0) is 31.7 Å². The fourth-order valence-electron chi connectivity index (χ4n) is 2.95. The van der Waals surface area contributed by atoms with E-state index in [1.807, 2.05) is 21.7 Å². The molecule has 1 aliphatic heterocycles. The predicted molar refractivity (Wildman–Crippen MR) is 67.5 cm³/mol. The van der Waals surface area contributed by atoms with Crippen LogP contribution < -0.4 is 0 Å². The first-order chi connectivity index (χ1) is 8.75. The highest BCUT2D eigenvalue weighted by Crippen LogP contribution is 2.22. The van der Waals surface area contributed by atoms with Crippen LogP contribution in [-0.2, 0) is 17.8 Å². The molecule has 3 rings (SSSR count). The molecule has 0 N–H and O–H groups in total. The smallest absolute Gasteiger partial charge is 0.242 e. The van der Waals surface area contributed by atoms with Crippen LogP contribution in [0.4, 0.5) is 0 Å². The van der Waals surface area contributed by atoms with Gasteiger partial charge in [0.2, 0.25) is 5.91 Å². The number of rotatable bonds is 2. The summed E-state index contributed by atoms with van der Waals surface area (Å²) >= 11 is 0. The zero-order valence-corrected chi connectivity index (χ0v) is 10.5. The normalized spacial score (nSPS) is 19.1. The van der Waals surface area contributed by atoms with E-state index in [2.05, 4.69) is 0 Å². The average molecular weight is 246 g/mol. The number of likely N-dealkylation sites (tertiary alicyclic amines) is 1. The molecule has 4 nitrogen and oxygen atoms in total. The number of carbonyl (C=O) groups excluding carboxylic acids is 2. The number of aromatic nitrogens is 1. The van der Waals surface area contributed by atoms with Crippen LogP contribution in [0.25, 0.3) is 0 Å². The minimum Gasteiger partial charge on any atom is -0.341 e. The fourth-order valence-corrected chi connectivity index (χ4v) is 2.95. The minimum atomic E-state index is 0.184. The van der Waals surface area contributed by atoms with E-state index in [1.54, 1.807) is 0 Å². The molecule has 18 heavy (non-hydrogen) atoms. The number of hydrogen-bond donors (Lipinski definition) is 0. The van der Waals surface area contributed by atoms with Crippen molar-refractivity contribution in [3.05, 3.63) is 23.5 Å². The van der Waals surface area contributed by atoms with Gasteiger partial charge in [-0.2, -0.15) is 0 Å². The second-order valence-corrected chi connectivity index (χ2v) is 5.17. The first kappa shape index (κ1) is 11.5. The Morgan fingerprint density at radius 2 is 1.94 bits per heavy atom. The Morgan fingerprint density at radius 1 is 1.17 bits per heavy atom. The first-order valence-corrected chi connectivity index (χ1v) is 6.75. The molecule has 2 heterocycles. The summed E-state index contributed by atoms with van der Waals surface area (Å²) in [6, 6.07) is 1.87. The molecule has 1 fully saturated rings. The average Bonchev–Trinajstić information content (AvgIpc) is 2.99. The summed E-state index contributed by atoms with van der Waals surface area (Å²) in [6.07, 6.45) is 6.61. The summed E-state index contributed by atoms with van der Waals surface area (Å²) < 4.78 is 1.97. The van der Waals surface area contributed by atoms with E-state index in [-0.39, 0.29) is 11.7 Å². The number of Topliss-reactive ketones (excluding diaryl/α,β-unsaturated/α-hetero) is 1. The molecule has 0 spiro atoms. The number of ketones is 1. The third kappa shape index (κ3) is 1.96. The van der Waals surface area contributed by atoms with Crippen LogP contribution in [0.2, 0.25) is 0 Å². The molecule has 96 valence electrons. The van der Waals surface area contributed by atoms with E-state index in [9.17, 15) is 9.59 Å². The van der Waals surface area contributed by atoms with Crippen molar-refractivity contribution in [1.82, 2.24) is 9.47 Å². The van der Waals surface area contributed by atoms with E-state index in [4.69, 9.17) is 0 Å². The van der Waals surface area contributed by atoms with Gasteiger partial charge < -0.3 is 9.47 Å². The standard InChI is InChI=1S/C14H18N2O2/c17-13-5-3-4-12-11(13)6-9-16(12)10-14(18)15-7-1-2-8-15/h6,9H,1-5,7-8,10H2. The molecule has 1 aliphatic carbocycles. The molecule has 0 aromatic carbocycles. The van der Waals surface area contributed by atoms with Crippen molar-refractivity contribution in [2.24, 2.45) is 0 Å². The van der Waals surface area contributed by atoms with Gasteiger partial charge in [-0.15, -0.1) is 0 Å². The Balaban J connectivity index is 1.77. The summed E-state index contributed by atoms with van der Waals surface area (Å²) in [6.45, 7) is 2.17. The van der Waals surface area contributed by atoms with Crippen LogP contribution in [0.1, 0.15) is 41.7 Å². The van der Waals surface area contributed by atoms with Crippen molar-refractivity contribution in [2.45, 2.75) is 38.6 Å². The van der Waals surface area contributed by atoms with Crippen molar-refractivity contribution in [1.29, 1.82) is 0 Å². The van der Waals surface area contributed by atoms with Crippen molar-refractivity contribution in [3.63, 3.8) is 0 Å². The second-order valence-electron chi connectivity index (χ2n) is 5.17. The highest BCUT2D eigenvalue weighted by atomic mass is 16.2. The van der Waals surface area contributed by atoms with E-state index in [1.165, 1.54) is 0 Å². The molecular weight excluding hydrogens is 228 g/mol. The molecule has 1 saturated heterocycles. The number of amides is 1.